The molecule has 4 N–H and O–H groups in total. The van der Waals surface area contributed by atoms with E-state index in [4.69, 9.17) is 5.73 Å². The zero-order valence-corrected chi connectivity index (χ0v) is 23.2. The van der Waals surface area contributed by atoms with Crippen molar-refractivity contribution in [3.63, 3.8) is 0 Å². The van der Waals surface area contributed by atoms with E-state index in [9.17, 15) is 18.0 Å². The number of anilines is 1. The molecule has 1 unspecified atom stereocenters. The number of halogens is 4. The Bertz CT molecular complexity index is 1720. The number of benzene rings is 2. The van der Waals surface area contributed by atoms with Gasteiger partial charge in [-0.2, -0.15) is 18.3 Å². The fraction of sp³-hybridized carbons (Fsp3) is 0.226. The maximum atomic E-state index is 15.1. The number of allylic oxidation sites excluding steroid dienone is 3. The molecule has 4 aromatic rings. The number of fused-ring (bicyclic) bond motifs is 1. The molecule has 43 heavy (non-hydrogen) atoms. The van der Waals surface area contributed by atoms with Crippen molar-refractivity contribution in [2.24, 2.45) is 5.92 Å². The van der Waals surface area contributed by atoms with Gasteiger partial charge in [0.2, 0.25) is 0 Å². The monoisotopic (exact) mass is 591 g/mol. The molecule has 1 aliphatic rings. The van der Waals surface area contributed by atoms with Crippen molar-refractivity contribution < 1.29 is 22.4 Å². The van der Waals surface area contributed by atoms with Crippen LogP contribution in [0.25, 0.3) is 16.6 Å². The molecule has 2 aromatic heterocycles. The Morgan fingerprint density at radius 2 is 1.88 bits per heavy atom. The number of nitrogen functional groups attached to an aromatic ring is 1. The van der Waals surface area contributed by atoms with Crippen LogP contribution >= 0.6 is 0 Å². The number of hydrogen-bond donors (Lipinski definition) is 3. The van der Waals surface area contributed by atoms with Crippen molar-refractivity contribution in [2.45, 2.75) is 32.0 Å². The van der Waals surface area contributed by atoms with Gasteiger partial charge in [0.25, 0.3) is 5.91 Å². The number of amides is 1. The average Bonchev–Trinajstić information content (AvgIpc) is 3.69. The van der Waals surface area contributed by atoms with Crippen LogP contribution in [0, 0.1) is 5.92 Å². The molecule has 12 heteroatoms. The normalized spacial score (nSPS) is 15.0. The number of nitrogens with zero attached hydrogens (tertiary/aromatic N) is 4. The van der Waals surface area contributed by atoms with Gasteiger partial charge >= 0.3 is 6.18 Å². The summed E-state index contributed by atoms with van der Waals surface area (Å²) in [5.41, 5.74) is 6.09. The van der Waals surface area contributed by atoms with Gasteiger partial charge in [-0.1, -0.05) is 43.0 Å². The third-order valence-electron chi connectivity index (χ3n) is 7.04. The molecule has 2 heterocycles. The van der Waals surface area contributed by atoms with E-state index >= 15 is 4.39 Å². The highest BCUT2D eigenvalue weighted by atomic mass is 19.4. The largest absolute Gasteiger partial charge is 0.435 e. The molecule has 0 bridgehead atoms. The molecule has 1 aliphatic carbocycles. The summed E-state index contributed by atoms with van der Waals surface area (Å²) in [5.74, 6) is -1.06. The molecule has 1 saturated carbocycles. The zero-order valence-electron chi connectivity index (χ0n) is 23.2. The first-order chi connectivity index (χ1) is 20.5. The van der Waals surface area contributed by atoms with Crippen molar-refractivity contribution in [1.29, 1.82) is 0 Å². The van der Waals surface area contributed by atoms with Gasteiger partial charge in [0.05, 0.1) is 22.9 Å². The van der Waals surface area contributed by atoms with E-state index < -0.39 is 29.3 Å². The number of carbonyl (C=O) groups excluding carboxylic acids is 1. The van der Waals surface area contributed by atoms with Crippen LogP contribution in [-0.4, -0.2) is 32.2 Å². The number of nitrogens with two attached hydrogens (primary N) is 1. The Labute approximate surface area is 245 Å². The molecule has 2 aromatic carbocycles. The smallest absolute Gasteiger partial charge is 0.383 e. The van der Waals surface area contributed by atoms with Crippen LogP contribution < -0.4 is 16.4 Å². The van der Waals surface area contributed by atoms with E-state index in [1.807, 2.05) is 30.3 Å². The molecule has 1 atom stereocenters. The number of rotatable bonds is 10. The van der Waals surface area contributed by atoms with Gasteiger partial charge in [-0.3, -0.25) is 4.79 Å². The first-order valence-corrected chi connectivity index (χ1v) is 13.5. The van der Waals surface area contributed by atoms with Crippen LogP contribution in [0.1, 0.15) is 47.6 Å². The van der Waals surface area contributed by atoms with E-state index in [1.165, 1.54) is 50.4 Å². The molecule has 222 valence electrons. The lowest BCUT2D eigenvalue weighted by Gasteiger charge is -2.20. The Morgan fingerprint density at radius 3 is 2.58 bits per heavy atom. The number of carbonyl (C=O) groups is 1. The minimum Gasteiger partial charge on any atom is -0.383 e. The maximum absolute atomic E-state index is 15.1. The van der Waals surface area contributed by atoms with E-state index in [-0.39, 0.29) is 23.2 Å². The van der Waals surface area contributed by atoms with Crippen molar-refractivity contribution in [3.05, 3.63) is 114 Å². The fourth-order valence-electron chi connectivity index (χ4n) is 4.48. The Balaban J connectivity index is 1.38. The SMILES string of the molecule is C=C(/C=C\C(F)=C(/C)NC(=O)c1cc(C(F)(F)F)nn1-c1ccc2ncnc(N)c2c1)C(NCC1CC1)c1ccccc1. The Kier molecular flexibility index (Phi) is 8.40. The summed E-state index contributed by atoms with van der Waals surface area (Å²) >= 11 is 0. The zero-order chi connectivity index (χ0) is 30.7. The quantitative estimate of drug-likeness (QED) is 0.150. The summed E-state index contributed by atoms with van der Waals surface area (Å²) in [7, 11) is 0. The molecule has 1 amide bonds. The fourth-order valence-corrected chi connectivity index (χ4v) is 4.48. The lowest BCUT2D eigenvalue weighted by molar-refractivity contribution is -0.141. The molecular formula is C31H29F4N7O. The van der Waals surface area contributed by atoms with Crippen molar-refractivity contribution in [1.82, 2.24) is 30.4 Å². The lowest BCUT2D eigenvalue weighted by atomic mass is 9.99. The third-order valence-corrected chi connectivity index (χ3v) is 7.04. The van der Waals surface area contributed by atoms with Gasteiger partial charge in [-0.25, -0.2) is 19.0 Å². The molecule has 0 aliphatic heterocycles. The second-order valence-electron chi connectivity index (χ2n) is 10.3. The molecule has 0 saturated heterocycles. The second-order valence-corrected chi connectivity index (χ2v) is 10.3. The number of nitrogens with one attached hydrogen (secondary N) is 2. The minimum absolute atomic E-state index is 0.104. The number of hydrogen-bond acceptors (Lipinski definition) is 6. The first-order valence-electron chi connectivity index (χ1n) is 13.5. The Morgan fingerprint density at radius 1 is 1.14 bits per heavy atom. The van der Waals surface area contributed by atoms with Crippen molar-refractivity contribution >= 4 is 22.6 Å². The van der Waals surface area contributed by atoms with Gasteiger partial charge < -0.3 is 16.4 Å². The number of aromatic nitrogens is 4. The minimum atomic E-state index is -4.83. The summed E-state index contributed by atoms with van der Waals surface area (Å²) < 4.78 is 56.8. The van der Waals surface area contributed by atoms with Gasteiger partial charge in [0.1, 0.15) is 23.7 Å². The van der Waals surface area contributed by atoms with Crippen LogP contribution in [0.4, 0.5) is 23.4 Å². The third kappa shape index (κ3) is 6.97. The standard InChI is InChI=1S/C31H29F4N7O/c1-18(28(37-16-20-9-10-20)21-6-4-3-5-7-21)8-12-24(32)19(2)40-30(43)26-15-27(31(33,34)35)41-42(26)22-11-13-25-23(14-22)29(36)39-17-38-25/h3-8,11-15,17,20,28,37H,1,9-10,16H2,2H3,(H,40,43)(H2,36,38,39)/b12-8-,24-19-. The van der Waals surface area contributed by atoms with E-state index in [2.05, 4.69) is 32.3 Å². The predicted molar refractivity (Wildman–Crippen MR) is 156 cm³/mol. The van der Waals surface area contributed by atoms with Crippen LogP contribution in [0.2, 0.25) is 0 Å². The van der Waals surface area contributed by atoms with Gasteiger partial charge in [0.15, 0.2) is 5.69 Å². The van der Waals surface area contributed by atoms with Crippen LogP contribution in [0.3, 0.4) is 0 Å². The van der Waals surface area contributed by atoms with E-state index in [1.54, 1.807) is 0 Å². The summed E-state index contributed by atoms with van der Waals surface area (Å²) in [4.78, 5) is 21.1. The van der Waals surface area contributed by atoms with Gasteiger partial charge in [0, 0.05) is 11.5 Å². The second kappa shape index (κ2) is 12.2. The molecule has 0 radical (unpaired) electrons. The first kappa shape index (κ1) is 29.6. The van der Waals surface area contributed by atoms with Crippen LogP contribution in [-0.2, 0) is 6.18 Å². The van der Waals surface area contributed by atoms with Crippen LogP contribution in [0.5, 0.6) is 0 Å². The highest BCUT2D eigenvalue weighted by molar-refractivity contribution is 5.95. The highest BCUT2D eigenvalue weighted by Crippen LogP contribution is 2.32. The predicted octanol–water partition coefficient (Wildman–Crippen LogP) is 6.20. The summed E-state index contributed by atoms with van der Waals surface area (Å²) in [6.45, 7) is 6.22. The highest BCUT2D eigenvalue weighted by Gasteiger charge is 2.36. The lowest BCUT2D eigenvalue weighted by Crippen LogP contribution is -2.25. The van der Waals surface area contributed by atoms with Gasteiger partial charge in [-0.15, -0.1) is 0 Å². The van der Waals surface area contributed by atoms with Crippen LogP contribution in [0.15, 0.2) is 96.8 Å². The maximum Gasteiger partial charge on any atom is 0.435 e. The summed E-state index contributed by atoms with van der Waals surface area (Å²) in [5, 5.41) is 9.80. The molecule has 5 rings (SSSR count). The number of alkyl halides is 3. The average molecular weight is 592 g/mol. The summed E-state index contributed by atoms with van der Waals surface area (Å²) in [6, 6.07) is 14.4. The molecule has 0 spiro atoms. The van der Waals surface area contributed by atoms with E-state index in [0.29, 0.717) is 28.5 Å². The molecule has 1 fully saturated rings. The molecular weight excluding hydrogens is 562 g/mol. The van der Waals surface area contributed by atoms with E-state index in [0.717, 1.165) is 22.9 Å². The summed E-state index contributed by atoms with van der Waals surface area (Å²) in [6.07, 6.45) is 1.43. The Hall–Kier alpha value is -4.84. The van der Waals surface area contributed by atoms with Crippen molar-refractivity contribution in [3.8, 4) is 5.69 Å². The van der Waals surface area contributed by atoms with Crippen molar-refractivity contribution in [2.75, 3.05) is 12.3 Å². The molecule has 8 nitrogen and oxygen atoms in total. The topological polar surface area (TPSA) is 111 Å². The van der Waals surface area contributed by atoms with Gasteiger partial charge in [-0.05, 0) is 67.6 Å².